The predicted molar refractivity (Wildman–Crippen MR) is 65.2 cm³/mol. The molecule has 0 atom stereocenters. The highest BCUT2D eigenvalue weighted by atomic mass is 15.0. The summed E-state index contributed by atoms with van der Waals surface area (Å²) in [6.07, 6.45) is 2.11. The maximum Gasteiger partial charge on any atom is 0.126 e. The van der Waals surface area contributed by atoms with E-state index in [9.17, 15) is 0 Å². The highest BCUT2D eigenvalue weighted by Gasteiger charge is 2.00. The molecule has 0 radical (unpaired) electrons. The van der Waals surface area contributed by atoms with Gasteiger partial charge in [-0.25, -0.2) is 4.98 Å². The van der Waals surface area contributed by atoms with Crippen molar-refractivity contribution >= 4 is 5.82 Å². The lowest BCUT2D eigenvalue weighted by Crippen LogP contribution is -2.09. The summed E-state index contributed by atoms with van der Waals surface area (Å²) < 4.78 is 0. The molecule has 0 bridgehead atoms. The van der Waals surface area contributed by atoms with E-state index in [2.05, 4.69) is 41.6 Å². The zero-order valence-corrected chi connectivity index (χ0v) is 9.93. The Labute approximate surface area is 92.3 Å². The van der Waals surface area contributed by atoms with Gasteiger partial charge in [0.25, 0.3) is 0 Å². The van der Waals surface area contributed by atoms with Gasteiger partial charge in [-0.2, -0.15) is 0 Å². The Balaban J connectivity index is 2.79. The molecular formula is C12H21N3. The molecule has 1 aromatic heterocycles. The number of rotatable bonds is 6. The van der Waals surface area contributed by atoms with Gasteiger partial charge >= 0.3 is 0 Å². The zero-order chi connectivity index (χ0) is 11.1. The molecule has 3 heteroatoms. The van der Waals surface area contributed by atoms with Crippen LogP contribution in [-0.4, -0.2) is 18.6 Å². The van der Waals surface area contributed by atoms with Gasteiger partial charge in [-0.3, -0.25) is 0 Å². The lowest BCUT2D eigenvalue weighted by Gasteiger charge is -2.09. The predicted octanol–water partition coefficient (Wildman–Crippen LogP) is 2.19. The van der Waals surface area contributed by atoms with Gasteiger partial charge in [-0.15, -0.1) is 0 Å². The average Bonchev–Trinajstić information content (AvgIpc) is 2.26. The number of nitrogens with one attached hydrogen (secondary N) is 2. The topological polar surface area (TPSA) is 37.0 Å². The lowest BCUT2D eigenvalue weighted by molar-refractivity contribution is 0.811. The van der Waals surface area contributed by atoms with Crippen LogP contribution in [0.15, 0.2) is 12.1 Å². The van der Waals surface area contributed by atoms with E-state index in [0.717, 1.165) is 37.4 Å². The number of aryl methyl sites for hydroxylation is 1. The van der Waals surface area contributed by atoms with Gasteiger partial charge < -0.3 is 10.6 Å². The van der Waals surface area contributed by atoms with E-state index in [4.69, 9.17) is 0 Å². The van der Waals surface area contributed by atoms with E-state index < -0.39 is 0 Å². The maximum atomic E-state index is 4.53. The standard InChI is InChI=1S/C12H21N3/c1-4-6-14-12-8-10(9-13-3)7-11(5-2)15-12/h7-8,13H,4-6,9H2,1-3H3,(H,14,15). The van der Waals surface area contributed by atoms with Crippen LogP contribution in [0, 0.1) is 0 Å². The van der Waals surface area contributed by atoms with Crippen LogP contribution in [0.1, 0.15) is 31.5 Å². The molecule has 0 aromatic carbocycles. The van der Waals surface area contributed by atoms with Crippen LogP contribution in [0.5, 0.6) is 0 Å². The van der Waals surface area contributed by atoms with Crippen LogP contribution >= 0.6 is 0 Å². The summed E-state index contributed by atoms with van der Waals surface area (Å²) in [5.41, 5.74) is 2.45. The van der Waals surface area contributed by atoms with Crippen molar-refractivity contribution in [3.63, 3.8) is 0 Å². The molecule has 0 amide bonds. The number of aromatic nitrogens is 1. The fourth-order valence-corrected chi connectivity index (χ4v) is 1.48. The minimum absolute atomic E-state index is 0.899. The summed E-state index contributed by atoms with van der Waals surface area (Å²) in [6.45, 7) is 6.18. The molecule has 3 nitrogen and oxygen atoms in total. The first-order valence-corrected chi connectivity index (χ1v) is 5.68. The van der Waals surface area contributed by atoms with E-state index in [0.29, 0.717) is 0 Å². The molecular weight excluding hydrogens is 186 g/mol. The number of hydrogen-bond donors (Lipinski definition) is 2. The van der Waals surface area contributed by atoms with E-state index in [-0.39, 0.29) is 0 Å². The second kappa shape index (κ2) is 6.40. The second-order valence-corrected chi connectivity index (χ2v) is 3.66. The van der Waals surface area contributed by atoms with Gasteiger partial charge in [0.2, 0.25) is 0 Å². The van der Waals surface area contributed by atoms with Crippen molar-refractivity contribution in [1.82, 2.24) is 10.3 Å². The first-order valence-electron chi connectivity index (χ1n) is 5.68. The van der Waals surface area contributed by atoms with Gasteiger partial charge in [0.15, 0.2) is 0 Å². The first-order chi connectivity index (χ1) is 7.30. The molecule has 0 unspecified atom stereocenters. The molecule has 0 aliphatic heterocycles. The summed E-state index contributed by atoms with van der Waals surface area (Å²) >= 11 is 0. The van der Waals surface area contributed by atoms with Crippen molar-refractivity contribution in [3.05, 3.63) is 23.4 Å². The third-order valence-corrected chi connectivity index (χ3v) is 2.24. The Morgan fingerprint density at radius 1 is 1.27 bits per heavy atom. The van der Waals surface area contributed by atoms with Gasteiger partial charge in [0.05, 0.1) is 0 Å². The fraction of sp³-hybridized carbons (Fsp3) is 0.583. The van der Waals surface area contributed by atoms with Crippen molar-refractivity contribution in [1.29, 1.82) is 0 Å². The molecule has 1 aromatic rings. The number of anilines is 1. The average molecular weight is 207 g/mol. The monoisotopic (exact) mass is 207 g/mol. The Morgan fingerprint density at radius 3 is 2.67 bits per heavy atom. The summed E-state index contributed by atoms with van der Waals surface area (Å²) in [6, 6.07) is 4.28. The Bertz CT molecular complexity index is 297. The molecule has 0 aliphatic rings. The van der Waals surface area contributed by atoms with Crippen LogP contribution in [0.3, 0.4) is 0 Å². The van der Waals surface area contributed by atoms with E-state index in [1.165, 1.54) is 5.56 Å². The highest BCUT2D eigenvalue weighted by Crippen LogP contribution is 2.11. The van der Waals surface area contributed by atoms with Crippen molar-refractivity contribution in [2.45, 2.75) is 33.2 Å². The Hall–Kier alpha value is -1.09. The smallest absolute Gasteiger partial charge is 0.126 e. The molecule has 1 rings (SSSR count). The molecule has 15 heavy (non-hydrogen) atoms. The van der Waals surface area contributed by atoms with Crippen molar-refractivity contribution in [2.75, 3.05) is 18.9 Å². The normalized spacial score (nSPS) is 10.3. The summed E-state index contributed by atoms with van der Waals surface area (Å²) in [5.74, 6) is 1.00. The Morgan fingerprint density at radius 2 is 2.07 bits per heavy atom. The lowest BCUT2D eigenvalue weighted by atomic mass is 10.2. The van der Waals surface area contributed by atoms with Crippen LogP contribution in [0.25, 0.3) is 0 Å². The number of pyridine rings is 1. The maximum absolute atomic E-state index is 4.53. The summed E-state index contributed by atoms with van der Waals surface area (Å²) in [7, 11) is 1.96. The Kier molecular flexibility index (Phi) is 5.12. The molecule has 0 saturated heterocycles. The molecule has 0 fully saturated rings. The van der Waals surface area contributed by atoms with Crippen LogP contribution in [-0.2, 0) is 13.0 Å². The van der Waals surface area contributed by atoms with Crippen LogP contribution in [0.2, 0.25) is 0 Å². The molecule has 0 aliphatic carbocycles. The summed E-state index contributed by atoms with van der Waals surface area (Å²) in [5, 5.41) is 6.49. The minimum Gasteiger partial charge on any atom is -0.370 e. The molecule has 2 N–H and O–H groups in total. The van der Waals surface area contributed by atoms with E-state index in [1.807, 2.05) is 7.05 Å². The van der Waals surface area contributed by atoms with E-state index in [1.54, 1.807) is 0 Å². The van der Waals surface area contributed by atoms with Crippen molar-refractivity contribution in [2.24, 2.45) is 0 Å². The van der Waals surface area contributed by atoms with Crippen molar-refractivity contribution in [3.8, 4) is 0 Å². The van der Waals surface area contributed by atoms with Gasteiger partial charge in [0.1, 0.15) is 5.82 Å². The summed E-state index contributed by atoms with van der Waals surface area (Å²) in [4.78, 5) is 4.53. The van der Waals surface area contributed by atoms with E-state index >= 15 is 0 Å². The SMILES string of the molecule is CCCNc1cc(CNC)cc(CC)n1. The number of nitrogens with zero attached hydrogens (tertiary/aromatic N) is 1. The third-order valence-electron chi connectivity index (χ3n) is 2.24. The highest BCUT2D eigenvalue weighted by molar-refractivity contribution is 5.39. The zero-order valence-electron chi connectivity index (χ0n) is 9.93. The van der Waals surface area contributed by atoms with Gasteiger partial charge in [0, 0.05) is 18.8 Å². The largest absolute Gasteiger partial charge is 0.370 e. The molecule has 1 heterocycles. The molecule has 84 valence electrons. The van der Waals surface area contributed by atoms with Gasteiger partial charge in [-0.05, 0) is 37.6 Å². The fourth-order valence-electron chi connectivity index (χ4n) is 1.48. The minimum atomic E-state index is 0.899. The molecule has 0 saturated carbocycles. The molecule has 0 spiro atoms. The quantitative estimate of drug-likeness (QED) is 0.750. The van der Waals surface area contributed by atoms with Gasteiger partial charge in [-0.1, -0.05) is 13.8 Å². The third kappa shape index (κ3) is 3.88. The van der Waals surface area contributed by atoms with Crippen LogP contribution < -0.4 is 10.6 Å². The second-order valence-electron chi connectivity index (χ2n) is 3.66. The van der Waals surface area contributed by atoms with Crippen LogP contribution in [0.4, 0.5) is 5.82 Å². The first kappa shape index (κ1) is 12.0. The number of hydrogen-bond acceptors (Lipinski definition) is 3. The van der Waals surface area contributed by atoms with Crippen molar-refractivity contribution < 1.29 is 0 Å².